The smallest absolute Gasteiger partial charge is 0.319 e. The van der Waals surface area contributed by atoms with Crippen LogP contribution in [0.4, 0.5) is 4.79 Å². The van der Waals surface area contributed by atoms with Gasteiger partial charge in [-0.1, -0.05) is 30.3 Å². The van der Waals surface area contributed by atoms with Crippen LogP contribution in [0.2, 0.25) is 0 Å². The number of nitrogens with one attached hydrogen (secondary N) is 1. The maximum atomic E-state index is 12.4. The van der Waals surface area contributed by atoms with E-state index in [9.17, 15) is 9.59 Å². The molecular weight excluding hydrogens is 278 g/mol. The number of rotatable bonds is 3. The highest BCUT2D eigenvalue weighted by Gasteiger charge is 2.48. The fourth-order valence-corrected chi connectivity index (χ4v) is 2.21. The van der Waals surface area contributed by atoms with E-state index in [-0.39, 0.29) is 11.6 Å². The number of nitriles is 1. The van der Waals surface area contributed by atoms with E-state index < -0.39 is 17.5 Å². The van der Waals surface area contributed by atoms with E-state index in [4.69, 9.17) is 16.9 Å². The summed E-state index contributed by atoms with van der Waals surface area (Å²) in [6, 6.07) is 7.99. The van der Waals surface area contributed by atoms with Crippen molar-refractivity contribution in [2.45, 2.75) is 12.5 Å². The number of nitrogens with zero attached hydrogens (tertiary/aromatic N) is 2. The molecule has 2 rings (SSSR count). The molecule has 1 aromatic rings. The summed E-state index contributed by atoms with van der Waals surface area (Å²) in [6.07, 6.45) is 0. The molecule has 1 atom stereocenters. The summed E-state index contributed by atoms with van der Waals surface area (Å²) in [7, 11) is 0. The van der Waals surface area contributed by atoms with Gasteiger partial charge in [0.25, 0.3) is 5.91 Å². The summed E-state index contributed by atoms with van der Waals surface area (Å²) in [5.74, 6) is -0.394. The Bertz CT molecular complexity index is 633. The van der Waals surface area contributed by atoms with E-state index in [2.05, 4.69) is 11.9 Å². The zero-order valence-corrected chi connectivity index (χ0v) is 11.6. The average molecular weight is 290 g/mol. The third kappa shape index (κ3) is 2.26. The van der Waals surface area contributed by atoms with Crippen LogP contribution in [0.1, 0.15) is 18.1 Å². The van der Waals surface area contributed by atoms with Gasteiger partial charge < -0.3 is 5.32 Å². The first-order chi connectivity index (χ1) is 9.38. The standard InChI is InChI=1S/C14H12ClN3O2/c1-9(15)8-18-12(19)14(2,17-13(18)20)11-5-3-10(7-16)4-6-11/h3-6H,1,8H2,2H3,(H,17,20)/t14-/m1/s1. The van der Waals surface area contributed by atoms with Crippen molar-refractivity contribution in [2.75, 3.05) is 6.54 Å². The van der Waals surface area contributed by atoms with Crippen molar-refractivity contribution in [2.24, 2.45) is 0 Å². The van der Waals surface area contributed by atoms with E-state index in [1.54, 1.807) is 31.2 Å². The SMILES string of the molecule is C=C(Cl)CN1C(=O)N[C@](C)(c2ccc(C#N)cc2)C1=O. The first kappa shape index (κ1) is 14.1. The van der Waals surface area contributed by atoms with E-state index in [0.29, 0.717) is 11.1 Å². The number of halogens is 1. The molecule has 6 heteroatoms. The van der Waals surface area contributed by atoms with Crippen molar-refractivity contribution in [3.8, 4) is 6.07 Å². The van der Waals surface area contributed by atoms with Crippen LogP contribution < -0.4 is 5.32 Å². The molecule has 1 aliphatic rings. The zero-order valence-electron chi connectivity index (χ0n) is 10.8. The second-order valence-corrected chi connectivity index (χ2v) is 5.19. The summed E-state index contributed by atoms with van der Waals surface area (Å²) >= 11 is 5.66. The van der Waals surface area contributed by atoms with Crippen molar-refractivity contribution in [1.29, 1.82) is 5.26 Å². The van der Waals surface area contributed by atoms with Crippen LogP contribution in [0.25, 0.3) is 0 Å². The van der Waals surface area contributed by atoms with Crippen LogP contribution in [-0.4, -0.2) is 23.4 Å². The molecular formula is C14H12ClN3O2. The van der Waals surface area contributed by atoms with Crippen LogP contribution in [0.3, 0.4) is 0 Å². The molecule has 0 radical (unpaired) electrons. The molecule has 20 heavy (non-hydrogen) atoms. The molecule has 0 unspecified atom stereocenters. The molecule has 1 aromatic carbocycles. The van der Waals surface area contributed by atoms with Gasteiger partial charge in [-0.15, -0.1) is 0 Å². The summed E-state index contributed by atoms with van der Waals surface area (Å²) in [5.41, 5.74) is -0.0603. The Morgan fingerprint density at radius 3 is 2.55 bits per heavy atom. The predicted octanol–water partition coefficient (Wildman–Crippen LogP) is 2.08. The molecule has 1 saturated heterocycles. The molecule has 0 saturated carbocycles. The monoisotopic (exact) mass is 289 g/mol. The van der Waals surface area contributed by atoms with Crippen molar-refractivity contribution in [1.82, 2.24) is 10.2 Å². The second-order valence-electron chi connectivity index (χ2n) is 4.65. The molecule has 1 fully saturated rings. The number of hydrogen-bond donors (Lipinski definition) is 1. The molecule has 0 spiro atoms. The molecule has 0 aliphatic carbocycles. The molecule has 5 nitrogen and oxygen atoms in total. The van der Waals surface area contributed by atoms with E-state index >= 15 is 0 Å². The van der Waals surface area contributed by atoms with Crippen LogP contribution in [0, 0.1) is 11.3 Å². The molecule has 3 amide bonds. The topological polar surface area (TPSA) is 73.2 Å². The van der Waals surface area contributed by atoms with Gasteiger partial charge in [-0.25, -0.2) is 4.79 Å². The van der Waals surface area contributed by atoms with Gasteiger partial charge in [0, 0.05) is 5.03 Å². The Morgan fingerprint density at radius 2 is 2.05 bits per heavy atom. The largest absolute Gasteiger partial charge is 0.325 e. The molecule has 0 bridgehead atoms. The van der Waals surface area contributed by atoms with Crippen LogP contribution in [0.15, 0.2) is 35.9 Å². The lowest BCUT2D eigenvalue weighted by molar-refractivity contribution is -0.130. The van der Waals surface area contributed by atoms with Gasteiger partial charge in [0.05, 0.1) is 18.2 Å². The quantitative estimate of drug-likeness (QED) is 0.866. The highest BCUT2D eigenvalue weighted by atomic mass is 35.5. The maximum Gasteiger partial charge on any atom is 0.325 e. The van der Waals surface area contributed by atoms with E-state index in [0.717, 1.165) is 4.90 Å². The fraction of sp³-hybridized carbons (Fsp3) is 0.214. The van der Waals surface area contributed by atoms with Crippen LogP contribution >= 0.6 is 11.6 Å². The highest BCUT2D eigenvalue weighted by Crippen LogP contribution is 2.29. The second kappa shape index (κ2) is 4.99. The van der Waals surface area contributed by atoms with Gasteiger partial charge in [0.1, 0.15) is 5.54 Å². The van der Waals surface area contributed by atoms with Crippen molar-refractivity contribution >= 4 is 23.5 Å². The predicted molar refractivity (Wildman–Crippen MR) is 73.7 cm³/mol. The summed E-state index contributed by atoms with van der Waals surface area (Å²) in [6.45, 7) is 5.07. The number of urea groups is 1. The van der Waals surface area contributed by atoms with E-state index in [1.165, 1.54) is 0 Å². The van der Waals surface area contributed by atoms with Crippen LogP contribution in [0.5, 0.6) is 0 Å². The molecule has 1 N–H and O–H groups in total. The maximum absolute atomic E-state index is 12.4. The third-order valence-electron chi connectivity index (χ3n) is 3.20. The number of benzene rings is 1. The Balaban J connectivity index is 2.35. The summed E-state index contributed by atoms with van der Waals surface area (Å²) in [4.78, 5) is 25.3. The van der Waals surface area contributed by atoms with Gasteiger partial charge in [0.15, 0.2) is 0 Å². The molecule has 1 aliphatic heterocycles. The summed E-state index contributed by atoms with van der Waals surface area (Å²) in [5, 5.41) is 11.6. The first-order valence-corrected chi connectivity index (χ1v) is 6.24. The van der Waals surface area contributed by atoms with Gasteiger partial charge >= 0.3 is 6.03 Å². The highest BCUT2D eigenvalue weighted by molar-refractivity contribution is 6.30. The average Bonchev–Trinajstić information content (AvgIpc) is 2.63. The lowest BCUT2D eigenvalue weighted by Crippen LogP contribution is -2.41. The minimum Gasteiger partial charge on any atom is -0.319 e. The van der Waals surface area contributed by atoms with Crippen molar-refractivity contribution in [3.63, 3.8) is 0 Å². The minimum absolute atomic E-state index is 0.0297. The Morgan fingerprint density at radius 1 is 1.45 bits per heavy atom. The summed E-state index contributed by atoms with van der Waals surface area (Å²) < 4.78 is 0. The Labute approximate surface area is 121 Å². The van der Waals surface area contributed by atoms with Gasteiger partial charge in [-0.3, -0.25) is 9.69 Å². The van der Waals surface area contributed by atoms with Crippen molar-refractivity contribution in [3.05, 3.63) is 47.0 Å². The zero-order chi connectivity index (χ0) is 14.9. The van der Waals surface area contributed by atoms with Gasteiger partial charge in [0.2, 0.25) is 0 Å². The number of imide groups is 1. The molecule has 102 valence electrons. The lowest BCUT2D eigenvalue weighted by Gasteiger charge is -2.22. The van der Waals surface area contributed by atoms with Gasteiger partial charge in [-0.2, -0.15) is 5.26 Å². The Kier molecular flexibility index (Phi) is 3.51. The minimum atomic E-state index is -1.16. The molecule has 1 heterocycles. The number of carbonyl (C=O) groups is 2. The lowest BCUT2D eigenvalue weighted by atomic mass is 9.91. The Hall–Kier alpha value is -2.32. The number of amides is 3. The van der Waals surface area contributed by atoms with Crippen molar-refractivity contribution < 1.29 is 9.59 Å². The van der Waals surface area contributed by atoms with Crippen LogP contribution in [-0.2, 0) is 10.3 Å². The van der Waals surface area contributed by atoms with E-state index in [1.807, 2.05) is 6.07 Å². The third-order valence-corrected chi connectivity index (χ3v) is 3.32. The number of hydrogen-bond acceptors (Lipinski definition) is 3. The normalized spacial score (nSPS) is 21.6. The molecule has 0 aromatic heterocycles. The fourth-order valence-electron chi connectivity index (χ4n) is 2.09. The van der Waals surface area contributed by atoms with Gasteiger partial charge in [-0.05, 0) is 24.6 Å². The first-order valence-electron chi connectivity index (χ1n) is 5.86. The number of carbonyl (C=O) groups excluding carboxylic acids is 2.